The molecule has 1 aliphatic carbocycles. The van der Waals surface area contributed by atoms with Crippen LogP contribution < -0.4 is 10.0 Å². The van der Waals surface area contributed by atoms with Gasteiger partial charge in [-0.3, -0.25) is 0 Å². The molecule has 0 bridgehead atoms. The van der Waals surface area contributed by atoms with E-state index in [2.05, 4.69) is 5.32 Å². The average molecular weight is 315 g/mol. The Hall–Kier alpha value is -1.03. The summed E-state index contributed by atoms with van der Waals surface area (Å²) in [5.74, 6) is -3.46. The average Bonchev–Trinajstić information content (AvgIpc) is 2.77. The Morgan fingerprint density at radius 2 is 2.05 bits per heavy atom. The van der Waals surface area contributed by atoms with Crippen LogP contribution in [0.3, 0.4) is 0 Å². The molecule has 20 heavy (non-hydrogen) atoms. The summed E-state index contributed by atoms with van der Waals surface area (Å²) in [5.41, 5.74) is -0.487. The van der Waals surface area contributed by atoms with E-state index in [1.54, 1.807) is 0 Å². The number of hydrogen-bond acceptors (Lipinski definition) is 3. The van der Waals surface area contributed by atoms with E-state index in [1.165, 1.54) is 11.8 Å². The van der Waals surface area contributed by atoms with Crippen molar-refractivity contribution in [2.24, 2.45) is 5.41 Å². The van der Waals surface area contributed by atoms with Gasteiger partial charge in [0, 0.05) is 24.5 Å². The van der Waals surface area contributed by atoms with Gasteiger partial charge in [0.1, 0.15) is 0 Å². The summed E-state index contributed by atoms with van der Waals surface area (Å²) in [5, 5.41) is 2.09. The molecule has 3 atom stereocenters. The predicted molar refractivity (Wildman–Crippen MR) is 64.2 cm³/mol. The minimum Gasteiger partial charge on any atom is -0.324 e. The van der Waals surface area contributed by atoms with Crippen molar-refractivity contribution in [2.45, 2.75) is 37.9 Å². The molecule has 0 aromatic heterocycles. The SMILES string of the molecule is C[C@H](F)NC(=O)N1CCC2(CC2NS(=O)(=O)C(F)F)C1. The summed E-state index contributed by atoms with van der Waals surface area (Å²) >= 11 is 0. The van der Waals surface area contributed by atoms with Crippen molar-refractivity contribution < 1.29 is 26.4 Å². The maximum Gasteiger partial charge on any atom is 0.350 e. The maximum absolute atomic E-state index is 12.7. The number of halogens is 3. The van der Waals surface area contributed by atoms with Crippen molar-refractivity contribution >= 4 is 16.1 Å². The summed E-state index contributed by atoms with van der Waals surface area (Å²) in [6, 6.07) is -1.15. The van der Waals surface area contributed by atoms with Crippen LogP contribution in [-0.2, 0) is 10.0 Å². The van der Waals surface area contributed by atoms with Crippen LogP contribution in [0.5, 0.6) is 0 Å². The number of alkyl halides is 3. The highest BCUT2D eigenvalue weighted by atomic mass is 32.2. The summed E-state index contributed by atoms with van der Waals surface area (Å²) in [6.07, 6.45) is -0.558. The first-order valence-electron chi connectivity index (χ1n) is 6.15. The first-order valence-corrected chi connectivity index (χ1v) is 7.70. The molecule has 116 valence electrons. The van der Waals surface area contributed by atoms with E-state index in [0.29, 0.717) is 19.4 Å². The molecule has 1 heterocycles. The van der Waals surface area contributed by atoms with Crippen molar-refractivity contribution in [1.29, 1.82) is 0 Å². The van der Waals surface area contributed by atoms with Gasteiger partial charge in [0.25, 0.3) is 10.0 Å². The van der Waals surface area contributed by atoms with Crippen LogP contribution in [0, 0.1) is 5.41 Å². The second kappa shape index (κ2) is 5.06. The summed E-state index contributed by atoms with van der Waals surface area (Å²) in [6.45, 7) is 1.77. The van der Waals surface area contributed by atoms with Gasteiger partial charge in [-0.25, -0.2) is 22.3 Å². The molecular weight excluding hydrogens is 299 g/mol. The van der Waals surface area contributed by atoms with Crippen LogP contribution >= 0.6 is 0 Å². The van der Waals surface area contributed by atoms with Gasteiger partial charge < -0.3 is 10.2 Å². The molecule has 1 saturated heterocycles. The van der Waals surface area contributed by atoms with Crippen LogP contribution in [0.15, 0.2) is 0 Å². The van der Waals surface area contributed by atoms with Crippen LogP contribution in [0.4, 0.5) is 18.0 Å². The standard InChI is InChI=1S/C10H16F3N3O3S/c1-6(11)14-9(17)16-3-2-10(5-16)4-7(10)15-20(18,19)8(12)13/h6-8,15H,2-5H2,1H3,(H,14,17)/t6-,7?,10?/m1/s1. The molecule has 1 aliphatic heterocycles. The zero-order valence-electron chi connectivity index (χ0n) is 10.8. The van der Waals surface area contributed by atoms with Crippen molar-refractivity contribution in [3.05, 3.63) is 0 Å². The Labute approximate surface area is 114 Å². The van der Waals surface area contributed by atoms with E-state index in [1.807, 2.05) is 4.72 Å². The number of hydrogen-bond donors (Lipinski definition) is 2. The first kappa shape index (κ1) is 15.4. The Bertz CT molecular complexity index is 499. The Balaban J connectivity index is 1.90. The lowest BCUT2D eigenvalue weighted by Crippen LogP contribution is -2.42. The molecule has 2 unspecified atom stereocenters. The third-order valence-electron chi connectivity index (χ3n) is 3.73. The zero-order chi connectivity index (χ0) is 15.1. The molecule has 2 fully saturated rings. The van der Waals surface area contributed by atoms with E-state index >= 15 is 0 Å². The normalized spacial score (nSPS) is 30.9. The van der Waals surface area contributed by atoms with Gasteiger partial charge in [-0.2, -0.15) is 8.78 Å². The maximum atomic E-state index is 12.7. The third-order valence-corrected chi connectivity index (χ3v) is 4.81. The summed E-state index contributed by atoms with van der Waals surface area (Å²) in [7, 11) is -4.62. The molecule has 0 aromatic rings. The van der Waals surface area contributed by atoms with Crippen molar-refractivity contribution in [3.63, 3.8) is 0 Å². The highest BCUT2D eigenvalue weighted by Crippen LogP contribution is 2.53. The van der Waals surface area contributed by atoms with E-state index < -0.39 is 39.6 Å². The third kappa shape index (κ3) is 3.00. The van der Waals surface area contributed by atoms with E-state index in [9.17, 15) is 26.4 Å². The Morgan fingerprint density at radius 1 is 1.40 bits per heavy atom. The number of urea groups is 1. The van der Waals surface area contributed by atoms with E-state index in [-0.39, 0.29) is 6.54 Å². The monoisotopic (exact) mass is 315 g/mol. The summed E-state index contributed by atoms with van der Waals surface area (Å²) < 4.78 is 61.3. The lowest BCUT2D eigenvalue weighted by Gasteiger charge is -2.18. The van der Waals surface area contributed by atoms with Gasteiger partial charge in [0.2, 0.25) is 0 Å². The molecule has 10 heteroatoms. The summed E-state index contributed by atoms with van der Waals surface area (Å²) in [4.78, 5) is 13.0. The lowest BCUT2D eigenvalue weighted by atomic mass is 10.1. The molecule has 2 amide bonds. The number of sulfonamides is 1. The van der Waals surface area contributed by atoms with Gasteiger partial charge >= 0.3 is 11.8 Å². The number of likely N-dealkylation sites (tertiary alicyclic amines) is 1. The molecule has 1 saturated carbocycles. The van der Waals surface area contributed by atoms with Gasteiger partial charge in [-0.05, 0) is 19.8 Å². The Morgan fingerprint density at radius 3 is 2.60 bits per heavy atom. The number of carbonyl (C=O) groups excluding carboxylic acids is 1. The topological polar surface area (TPSA) is 78.5 Å². The van der Waals surface area contributed by atoms with Gasteiger partial charge in [0.05, 0.1) is 0 Å². The Kier molecular flexibility index (Phi) is 3.89. The van der Waals surface area contributed by atoms with Gasteiger partial charge in [-0.1, -0.05) is 0 Å². The molecular formula is C10H16F3N3O3S. The van der Waals surface area contributed by atoms with Crippen molar-refractivity contribution in [1.82, 2.24) is 14.9 Å². The van der Waals surface area contributed by atoms with Crippen LogP contribution in [0.25, 0.3) is 0 Å². The van der Waals surface area contributed by atoms with Crippen LogP contribution in [0.1, 0.15) is 19.8 Å². The van der Waals surface area contributed by atoms with Crippen molar-refractivity contribution in [2.75, 3.05) is 13.1 Å². The van der Waals surface area contributed by atoms with E-state index in [0.717, 1.165) is 0 Å². The van der Waals surface area contributed by atoms with Crippen molar-refractivity contribution in [3.8, 4) is 0 Å². The fourth-order valence-electron chi connectivity index (χ4n) is 2.55. The quantitative estimate of drug-likeness (QED) is 0.747. The minimum atomic E-state index is -4.62. The second-order valence-corrected chi connectivity index (χ2v) is 6.96. The fraction of sp³-hybridized carbons (Fsp3) is 0.900. The molecule has 1 spiro atoms. The van der Waals surface area contributed by atoms with E-state index in [4.69, 9.17) is 0 Å². The largest absolute Gasteiger partial charge is 0.350 e. The smallest absolute Gasteiger partial charge is 0.324 e. The molecule has 2 rings (SSSR count). The number of rotatable bonds is 4. The lowest BCUT2D eigenvalue weighted by molar-refractivity contribution is 0.189. The highest BCUT2D eigenvalue weighted by Gasteiger charge is 2.59. The zero-order valence-corrected chi connectivity index (χ0v) is 11.6. The second-order valence-electron chi connectivity index (χ2n) is 5.28. The van der Waals surface area contributed by atoms with Crippen LogP contribution in [-0.4, -0.2) is 50.5 Å². The predicted octanol–water partition coefficient (Wildman–Crippen LogP) is 0.618. The van der Waals surface area contributed by atoms with Gasteiger partial charge in [0.15, 0.2) is 6.30 Å². The molecule has 6 nitrogen and oxygen atoms in total. The number of carbonyl (C=O) groups is 1. The number of nitrogens with one attached hydrogen (secondary N) is 2. The molecule has 0 aromatic carbocycles. The minimum absolute atomic E-state index is 0.238. The fourth-order valence-corrected chi connectivity index (χ4v) is 3.38. The number of amides is 2. The first-order chi connectivity index (χ1) is 9.16. The number of nitrogens with zero attached hydrogens (tertiary/aromatic N) is 1. The highest BCUT2D eigenvalue weighted by molar-refractivity contribution is 7.89. The molecule has 0 radical (unpaired) electrons. The molecule has 2 aliphatic rings. The molecule has 2 N–H and O–H groups in total. The van der Waals surface area contributed by atoms with Crippen LogP contribution in [0.2, 0.25) is 0 Å². The van der Waals surface area contributed by atoms with Gasteiger partial charge in [-0.15, -0.1) is 0 Å².